The summed E-state index contributed by atoms with van der Waals surface area (Å²) in [6.07, 6.45) is 3.65. The summed E-state index contributed by atoms with van der Waals surface area (Å²) in [6.45, 7) is 4.82. The molecule has 1 aliphatic heterocycles. The van der Waals surface area contributed by atoms with E-state index in [1.807, 2.05) is 17.7 Å². The van der Waals surface area contributed by atoms with E-state index in [0.29, 0.717) is 26.2 Å². The maximum Gasteiger partial charge on any atom is 0.259 e. The van der Waals surface area contributed by atoms with Crippen molar-refractivity contribution in [2.45, 2.75) is 13.5 Å². The van der Waals surface area contributed by atoms with Gasteiger partial charge in [-0.15, -0.1) is 12.4 Å². The molecule has 0 saturated carbocycles. The fraction of sp³-hybridized carbons (Fsp3) is 0.375. The van der Waals surface area contributed by atoms with E-state index >= 15 is 0 Å². The Morgan fingerprint density at radius 1 is 1.17 bits per heavy atom. The second kappa shape index (κ2) is 7.61. The maximum absolute atomic E-state index is 13.7. The number of benzene rings is 1. The maximum atomic E-state index is 13.7. The molecule has 8 heteroatoms. The van der Waals surface area contributed by atoms with E-state index in [1.54, 1.807) is 6.20 Å². The van der Waals surface area contributed by atoms with E-state index in [1.165, 1.54) is 11.0 Å². The summed E-state index contributed by atoms with van der Waals surface area (Å²) in [4.78, 5) is 20.3. The number of carbonyl (C=O) groups is 1. The largest absolute Gasteiger partial charge is 0.339 e. The van der Waals surface area contributed by atoms with Gasteiger partial charge < -0.3 is 14.4 Å². The SMILES string of the molecule is CCn1ccnc1N1CCN(C(=O)c2c(F)cccc2F)CC1.Cl. The van der Waals surface area contributed by atoms with Crippen molar-refractivity contribution in [3.8, 4) is 0 Å². The number of halogens is 3. The van der Waals surface area contributed by atoms with Gasteiger partial charge >= 0.3 is 0 Å². The molecule has 1 aliphatic rings. The number of rotatable bonds is 3. The molecule has 0 spiro atoms. The van der Waals surface area contributed by atoms with Crippen LogP contribution in [0.1, 0.15) is 17.3 Å². The van der Waals surface area contributed by atoms with Gasteiger partial charge in [0, 0.05) is 45.1 Å². The number of amides is 1. The molecule has 130 valence electrons. The topological polar surface area (TPSA) is 41.4 Å². The number of hydrogen-bond donors (Lipinski definition) is 0. The number of imidazole rings is 1. The molecule has 0 radical (unpaired) electrons. The Morgan fingerprint density at radius 3 is 2.38 bits per heavy atom. The third-order valence-electron chi connectivity index (χ3n) is 4.06. The fourth-order valence-corrected chi connectivity index (χ4v) is 2.80. The number of hydrogen-bond acceptors (Lipinski definition) is 3. The van der Waals surface area contributed by atoms with E-state index in [0.717, 1.165) is 24.6 Å². The average molecular weight is 357 g/mol. The molecule has 1 aromatic carbocycles. The van der Waals surface area contributed by atoms with E-state index in [2.05, 4.69) is 9.88 Å². The van der Waals surface area contributed by atoms with Crippen molar-refractivity contribution >= 4 is 24.3 Å². The standard InChI is InChI=1S/C16H18F2N4O.ClH/c1-2-20-7-6-19-16(20)22-10-8-21(9-11-22)15(23)14-12(17)4-3-5-13(14)18;/h3-7H,2,8-11H2,1H3;1H. The first-order chi connectivity index (χ1) is 11.1. The predicted molar refractivity (Wildman–Crippen MR) is 89.6 cm³/mol. The van der Waals surface area contributed by atoms with E-state index in [-0.39, 0.29) is 12.4 Å². The van der Waals surface area contributed by atoms with Gasteiger partial charge in [-0.3, -0.25) is 4.79 Å². The smallest absolute Gasteiger partial charge is 0.259 e. The van der Waals surface area contributed by atoms with Crippen LogP contribution in [0.25, 0.3) is 0 Å². The van der Waals surface area contributed by atoms with Crippen LogP contribution in [0.5, 0.6) is 0 Å². The summed E-state index contributed by atoms with van der Waals surface area (Å²) in [5.41, 5.74) is -0.476. The molecule has 0 aliphatic carbocycles. The zero-order valence-electron chi connectivity index (χ0n) is 13.3. The van der Waals surface area contributed by atoms with Crippen molar-refractivity contribution in [3.05, 3.63) is 47.8 Å². The van der Waals surface area contributed by atoms with Gasteiger partial charge in [-0.25, -0.2) is 13.8 Å². The Labute approximate surface area is 145 Å². The van der Waals surface area contributed by atoms with Gasteiger partial charge in [-0.2, -0.15) is 0 Å². The number of aromatic nitrogens is 2. The van der Waals surface area contributed by atoms with Gasteiger partial charge in [0.2, 0.25) is 5.95 Å². The molecule has 0 unspecified atom stereocenters. The minimum Gasteiger partial charge on any atom is -0.339 e. The number of aryl methyl sites for hydroxylation is 1. The Bertz CT molecular complexity index is 694. The lowest BCUT2D eigenvalue weighted by Crippen LogP contribution is -2.49. The highest BCUT2D eigenvalue weighted by atomic mass is 35.5. The zero-order valence-corrected chi connectivity index (χ0v) is 14.1. The third-order valence-corrected chi connectivity index (χ3v) is 4.06. The van der Waals surface area contributed by atoms with Crippen LogP contribution < -0.4 is 4.90 Å². The number of anilines is 1. The molecule has 1 amide bonds. The normalized spacial score (nSPS) is 14.5. The second-order valence-electron chi connectivity index (χ2n) is 5.39. The van der Waals surface area contributed by atoms with E-state index < -0.39 is 23.1 Å². The monoisotopic (exact) mass is 356 g/mol. The first-order valence-electron chi connectivity index (χ1n) is 7.61. The molecule has 5 nitrogen and oxygen atoms in total. The van der Waals surface area contributed by atoms with Gasteiger partial charge in [-0.1, -0.05) is 6.07 Å². The van der Waals surface area contributed by atoms with Gasteiger partial charge in [0.15, 0.2) is 0 Å². The Balaban J connectivity index is 0.00000208. The molecule has 24 heavy (non-hydrogen) atoms. The average Bonchev–Trinajstić information content (AvgIpc) is 3.03. The molecule has 1 saturated heterocycles. The number of carbonyl (C=O) groups excluding carboxylic acids is 1. The summed E-state index contributed by atoms with van der Waals surface area (Å²) < 4.78 is 29.5. The van der Waals surface area contributed by atoms with Crippen LogP contribution in [0.3, 0.4) is 0 Å². The van der Waals surface area contributed by atoms with Gasteiger partial charge in [0.25, 0.3) is 5.91 Å². The molecule has 2 heterocycles. The van der Waals surface area contributed by atoms with Crippen molar-refractivity contribution < 1.29 is 13.6 Å². The molecule has 0 atom stereocenters. The third kappa shape index (κ3) is 3.36. The zero-order chi connectivity index (χ0) is 16.4. The quantitative estimate of drug-likeness (QED) is 0.848. The first-order valence-corrected chi connectivity index (χ1v) is 7.61. The van der Waals surface area contributed by atoms with Crippen LogP contribution in [0.15, 0.2) is 30.6 Å². The lowest BCUT2D eigenvalue weighted by Gasteiger charge is -2.35. The fourth-order valence-electron chi connectivity index (χ4n) is 2.80. The summed E-state index contributed by atoms with van der Waals surface area (Å²) in [5, 5.41) is 0. The molecule has 1 fully saturated rings. The molecule has 3 rings (SSSR count). The minimum absolute atomic E-state index is 0. The minimum atomic E-state index is -0.820. The predicted octanol–water partition coefficient (Wildman–Crippen LogP) is 2.57. The van der Waals surface area contributed by atoms with Crippen molar-refractivity contribution in [1.29, 1.82) is 0 Å². The summed E-state index contributed by atoms with van der Waals surface area (Å²) in [6, 6.07) is 3.46. The van der Waals surface area contributed by atoms with Gasteiger partial charge in [0.05, 0.1) is 0 Å². The lowest BCUT2D eigenvalue weighted by molar-refractivity contribution is 0.0736. The number of nitrogens with zero attached hydrogens (tertiary/aromatic N) is 4. The van der Waals surface area contributed by atoms with Crippen molar-refractivity contribution in [3.63, 3.8) is 0 Å². The van der Waals surface area contributed by atoms with Gasteiger partial charge in [0.1, 0.15) is 17.2 Å². The summed E-state index contributed by atoms with van der Waals surface area (Å²) in [5.74, 6) is -1.38. The molecule has 0 bridgehead atoms. The Morgan fingerprint density at radius 2 is 1.79 bits per heavy atom. The Kier molecular flexibility index (Phi) is 5.77. The first kappa shape index (κ1) is 18.2. The van der Waals surface area contributed by atoms with Crippen molar-refractivity contribution in [2.75, 3.05) is 31.1 Å². The van der Waals surface area contributed by atoms with Crippen LogP contribution in [-0.4, -0.2) is 46.5 Å². The molecule has 0 N–H and O–H groups in total. The molecular weight excluding hydrogens is 338 g/mol. The number of piperazine rings is 1. The summed E-state index contributed by atoms with van der Waals surface area (Å²) >= 11 is 0. The molecule has 1 aromatic heterocycles. The molecule has 2 aromatic rings. The highest BCUT2D eigenvalue weighted by Gasteiger charge is 2.27. The molecular formula is C16H19ClF2N4O. The highest BCUT2D eigenvalue weighted by Crippen LogP contribution is 2.18. The van der Waals surface area contributed by atoms with Crippen LogP contribution in [0, 0.1) is 11.6 Å². The van der Waals surface area contributed by atoms with Gasteiger partial charge in [-0.05, 0) is 19.1 Å². The van der Waals surface area contributed by atoms with E-state index in [4.69, 9.17) is 0 Å². The van der Waals surface area contributed by atoms with Crippen molar-refractivity contribution in [1.82, 2.24) is 14.5 Å². The Hall–Kier alpha value is -2.15. The van der Waals surface area contributed by atoms with Crippen LogP contribution >= 0.6 is 12.4 Å². The van der Waals surface area contributed by atoms with Crippen LogP contribution in [-0.2, 0) is 6.54 Å². The highest BCUT2D eigenvalue weighted by molar-refractivity contribution is 5.95. The van der Waals surface area contributed by atoms with Crippen molar-refractivity contribution in [2.24, 2.45) is 0 Å². The van der Waals surface area contributed by atoms with Crippen LogP contribution in [0.4, 0.5) is 14.7 Å². The summed E-state index contributed by atoms with van der Waals surface area (Å²) in [7, 11) is 0. The van der Waals surface area contributed by atoms with E-state index in [9.17, 15) is 13.6 Å². The van der Waals surface area contributed by atoms with Crippen LogP contribution in [0.2, 0.25) is 0 Å². The lowest BCUT2D eigenvalue weighted by atomic mass is 10.1. The second-order valence-corrected chi connectivity index (χ2v) is 5.39.